The van der Waals surface area contributed by atoms with Gasteiger partial charge in [0.05, 0.1) is 0 Å². The molecule has 2 atom stereocenters. The van der Waals surface area contributed by atoms with Crippen LogP contribution in [0.25, 0.3) is 0 Å². The van der Waals surface area contributed by atoms with Crippen LogP contribution in [0.5, 0.6) is 0 Å². The predicted octanol–water partition coefficient (Wildman–Crippen LogP) is 2.24. The van der Waals surface area contributed by atoms with Crippen molar-refractivity contribution in [3.63, 3.8) is 0 Å². The van der Waals surface area contributed by atoms with Crippen molar-refractivity contribution in [3.05, 3.63) is 24.3 Å². The van der Waals surface area contributed by atoms with Gasteiger partial charge in [0.2, 0.25) is 0 Å². The molecule has 0 aromatic carbocycles. The van der Waals surface area contributed by atoms with Crippen molar-refractivity contribution in [3.8, 4) is 0 Å². The standard InChI is InChI=1S/C14H23NO4/c1-8-15(11(6)18-13(16)9(2)3)12(7)19-14(17)10(4)5/h11-12H,2,4,8H2,1,3,5-7H3. The van der Waals surface area contributed by atoms with Gasteiger partial charge in [-0.25, -0.2) is 14.5 Å². The summed E-state index contributed by atoms with van der Waals surface area (Å²) in [5.74, 6) is -0.936. The molecule has 0 N–H and O–H groups in total. The van der Waals surface area contributed by atoms with Crippen LogP contribution >= 0.6 is 0 Å². The van der Waals surface area contributed by atoms with Gasteiger partial charge in [0.15, 0.2) is 12.5 Å². The molecule has 0 saturated heterocycles. The number of carbonyl (C=O) groups excluding carboxylic acids is 2. The minimum atomic E-state index is -0.512. The van der Waals surface area contributed by atoms with Gasteiger partial charge in [0.25, 0.3) is 0 Å². The second-order valence-corrected chi connectivity index (χ2v) is 4.40. The summed E-state index contributed by atoms with van der Waals surface area (Å²) in [5.41, 5.74) is 0.656. The Bertz CT molecular complexity index is 342. The Kier molecular flexibility index (Phi) is 7.08. The highest BCUT2D eigenvalue weighted by molar-refractivity contribution is 5.87. The number of rotatable bonds is 7. The number of esters is 2. The predicted molar refractivity (Wildman–Crippen MR) is 73.1 cm³/mol. The smallest absolute Gasteiger partial charge is 0.334 e. The number of nitrogens with zero attached hydrogens (tertiary/aromatic N) is 1. The maximum Gasteiger partial charge on any atom is 0.334 e. The molecule has 108 valence electrons. The summed E-state index contributed by atoms with van der Waals surface area (Å²) in [6.45, 7) is 16.1. The molecule has 2 unspecified atom stereocenters. The minimum absolute atomic E-state index is 0.328. The molecule has 0 fully saturated rings. The van der Waals surface area contributed by atoms with Gasteiger partial charge in [-0.3, -0.25) is 0 Å². The van der Waals surface area contributed by atoms with E-state index in [0.717, 1.165) is 0 Å². The van der Waals surface area contributed by atoms with Crippen LogP contribution in [0.3, 0.4) is 0 Å². The summed E-state index contributed by atoms with van der Waals surface area (Å²) < 4.78 is 10.4. The second kappa shape index (κ2) is 7.74. The molecule has 0 aromatic heterocycles. The van der Waals surface area contributed by atoms with Crippen molar-refractivity contribution < 1.29 is 19.1 Å². The van der Waals surface area contributed by atoms with Gasteiger partial charge in [-0.2, -0.15) is 0 Å². The molecule has 0 aromatic rings. The molecule has 5 heteroatoms. The molecule has 0 radical (unpaired) electrons. The van der Waals surface area contributed by atoms with Gasteiger partial charge in [-0.15, -0.1) is 0 Å². The summed E-state index contributed by atoms with van der Waals surface area (Å²) in [4.78, 5) is 24.7. The topological polar surface area (TPSA) is 55.8 Å². The van der Waals surface area contributed by atoms with Crippen LogP contribution < -0.4 is 0 Å². The molecule has 0 aliphatic rings. The van der Waals surface area contributed by atoms with Crippen LogP contribution in [0.15, 0.2) is 24.3 Å². The minimum Gasteiger partial charge on any atom is -0.443 e. The molecule has 0 amide bonds. The summed E-state index contributed by atoms with van der Waals surface area (Å²) in [6.07, 6.45) is -1.02. The largest absolute Gasteiger partial charge is 0.443 e. The van der Waals surface area contributed by atoms with Crippen molar-refractivity contribution in [2.24, 2.45) is 0 Å². The van der Waals surface area contributed by atoms with Gasteiger partial charge in [-0.1, -0.05) is 20.1 Å². The Labute approximate surface area is 114 Å². The van der Waals surface area contributed by atoms with E-state index < -0.39 is 24.4 Å². The van der Waals surface area contributed by atoms with Gasteiger partial charge in [0, 0.05) is 17.7 Å². The zero-order valence-corrected chi connectivity index (χ0v) is 12.4. The summed E-state index contributed by atoms with van der Waals surface area (Å²) in [5, 5.41) is 0. The van der Waals surface area contributed by atoms with E-state index in [-0.39, 0.29) is 0 Å². The van der Waals surface area contributed by atoms with Crippen LogP contribution in [-0.2, 0) is 19.1 Å². The molecule has 0 heterocycles. The van der Waals surface area contributed by atoms with Gasteiger partial charge in [-0.05, 0) is 27.7 Å². The first kappa shape index (κ1) is 17.4. The fraction of sp³-hybridized carbons (Fsp3) is 0.571. The van der Waals surface area contributed by atoms with E-state index in [0.29, 0.717) is 17.7 Å². The first-order chi connectivity index (χ1) is 8.70. The first-order valence-corrected chi connectivity index (χ1v) is 6.19. The average molecular weight is 269 g/mol. The highest BCUT2D eigenvalue weighted by atomic mass is 16.6. The maximum absolute atomic E-state index is 11.5. The summed E-state index contributed by atoms with van der Waals surface area (Å²) >= 11 is 0. The molecule has 19 heavy (non-hydrogen) atoms. The van der Waals surface area contributed by atoms with E-state index in [9.17, 15) is 9.59 Å². The Morgan fingerprint density at radius 3 is 1.53 bits per heavy atom. The van der Waals surface area contributed by atoms with E-state index >= 15 is 0 Å². The Hall–Kier alpha value is -1.62. The van der Waals surface area contributed by atoms with Crippen molar-refractivity contribution in [1.82, 2.24) is 4.90 Å². The van der Waals surface area contributed by atoms with Crippen LogP contribution in [0.2, 0.25) is 0 Å². The lowest BCUT2D eigenvalue weighted by Gasteiger charge is -2.32. The van der Waals surface area contributed by atoms with Crippen LogP contribution in [0.1, 0.15) is 34.6 Å². The third-order valence-corrected chi connectivity index (χ3v) is 2.55. The lowest BCUT2D eigenvalue weighted by atomic mass is 10.3. The molecule has 0 aliphatic carbocycles. The van der Waals surface area contributed by atoms with E-state index in [1.165, 1.54) is 0 Å². The quantitative estimate of drug-likeness (QED) is 0.403. The highest BCUT2D eigenvalue weighted by Gasteiger charge is 2.24. The molecule has 0 rings (SSSR count). The van der Waals surface area contributed by atoms with Crippen molar-refractivity contribution in [2.45, 2.75) is 47.1 Å². The fourth-order valence-corrected chi connectivity index (χ4v) is 1.46. The summed E-state index contributed by atoms with van der Waals surface area (Å²) in [7, 11) is 0. The van der Waals surface area contributed by atoms with Gasteiger partial charge >= 0.3 is 11.9 Å². The van der Waals surface area contributed by atoms with Crippen LogP contribution in [-0.4, -0.2) is 35.8 Å². The van der Waals surface area contributed by atoms with E-state index in [4.69, 9.17) is 9.47 Å². The number of ether oxygens (including phenoxy) is 2. The normalized spacial score (nSPS) is 13.6. The fourth-order valence-electron chi connectivity index (χ4n) is 1.46. The third-order valence-electron chi connectivity index (χ3n) is 2.55. The molecule has 0 bridgehead atoms. The molecular formula is C14H23NO4. The maximum atomic E-state index is 11.5. The third kappa shape index (κ3) is 5.70. The molecule has 0 spiro atoms. The lowest BCUT2D eigenvalue weighted by Crippen LogP contribution is -2.44. The molecular weight excluding hydrogens is 246 g/mol. The van der Waals surface area contributed by atoms with E-state index in [1.807, 2.05) is 6.92 Å². The number of carbonyl (C=O) groups is 2. The first-order valence-electron chi connectivity index (χ1n) is 6.19. The number of hydrogen-bond acceptors (Lipinski definition) is 5. The number of hydrogen-bond donors (Lipinski definition) is 0. The van der Waals surface area contributed by atoms with E-state index in [2.05, 4.69) is 13.2 Å². The average Bonchev–Trinajstić information content (AvgIpc) is 2.29. The monoisotopic (exact) mass is 269 g/mol. The zero-order chi connectivity index (χ0) is 15.2. The van der Waals surface area contributed by atoms with Gasteiger partial charge < -0.3 is 9.47 Å². The second-order valence-electron chi connectivity index (χ2n) is 4.40. The van der Waals surface area contributed by atoms with Crippen molar-refractivity contribution >= 4 is 11.9 Å². The Morgan fingerprint density at radius 1 is 1.00 bits per heavy atom. The van der Waals surface area contributed by atoms with Gasteiger partial charge in [0.1, 0.15) is 0 Å². The lowest BCUT2D eigenvalue weighted by molar-refractivity contribution is -0.174. The Balaban J connectivity index is 4.62. The van der Waals surface area contributed by atoms with E-state index in [1.54, 1.807) is 32.6 Å². The zero-order valence-electron chi connectivity index (χ0n) is 12.4. The SMILES string of the molecule is C=C(C)C(=O)OC(C)N(CC)C(C)OC(=O)C(=C)C. The highest BCUT2D eigenvalue weighted by Crippen LogP contribution is 2.11. The molecule has 5 nitrogen and oxygen atoms in total. The molecule has 0 aliphatic heterocycles. The van der Waals surface area contributed by atoms with Crippen molar-refractivity contribution in [1.29, 1.82) is 0 Å². The summed E-state index contributed by atoms with van der Waals surface area (Å²) in [6, 6.07) is 0. The molecule has 0 saturated carbocycles. The Morgan fingerprint density at radius 2 is 1.32 bits per heavy atom. The van der Waals surface area contributed by atoms with Crippen LogP contribution in [0.4, 0.5) is 0 Å². The van der Waals surface area contributed by atoms with Crippen molar-refractivity contribution in [2.75, 3.05) is 6.54 Å². The van der Waals surface area contributed by atoms with Crippen LogP contribution in [0, 0.1) is 0 Å².